The molecule has 1 amide bonds. The monoisotopic (exact) mass is 185 g/mol. The molecule has 1 saturated heterocycles. The largest absolute Gasteiger partial charge is 0.481 e. The van der Waals surface area contributed by atoms with Gasteiger partial charge in [-0.3, -0.25) is 9.59 Å². The summed E-state index contributed by atoms with van der Waals surface area (Å²) in [6.07, 6.45) is 3.78. The first-order chi connectivity index (χ1) is 6.22. The molecular weight excluding hydrogens is 170 g/mol. The smallest absolute Gasteiger partial charge is 0.303 e. The molecule has 1 fully saturated rings. The van der Waals surface area contributed by atoms with Crippen LogP contribution in [0, 0.1) is 5.92 Å². The van der Waals surface area contributed by atoms with Gasteiger partial charge in [-0.25, -0.2) is 0 Å². The number of aliphatic carboxylic acids is 1. The van der Waals surface area contributed by atoms with E-state index in [9.17, 15) is 9.59 Å². The molecule has 0 saturated carbocycles. The molecule has 1 aliphatic rings. The van der Waals surface area contributed by atoms with Crippen LogP contribution in [0.25, 0.3) is 0 Å². The summed E-state index contributed by atoms with van der Waals surface area (Å²) in [7, 11) is 0. The highest BCUT2D eigenvalue weighted by Crippen LogP contribution is 2.20. The molecule has 1 aliphatic heterocycles. The van der Waals surface area contributed by atoms with Gasteiger partial charge in [0.05, 0.1) is 0 Å². The number of carbonyl (C=O) groups is 2. The lowest BCUT2D eigenvalue weighted by Crippen LogP contribution is -2.32. The van der Waals surface area contributed by atoms with E-state index in [1.165, 1.54) is 0 Å². The lowest BCUT2D eigenvalue weighted by molar-refractivity contribution is -0.137. The Balaban J connectivity index is 2.17. The van der Waals surface area contributed by atoms with E-state index in [2.05, 4.69) is 0 Å². The third-order valence-electron chi connectivity index (χ3n) is 2.56. The van der Waals surface area contributed by atoms with Crippen molar-refractivity contribution in [1.82, 2.24) is 4.90 Å². The van der Waals surface area contributed by atoms with Crippen LogP contribution >= 0.6 is 0 Å². The molecule has 0 atom stereocenters. The van der Waals surface area contributed by atoms with Gasteiger partial charge in [0.25, 0.3) is 0 Å². The summed E-state index contributed by atoms with van der Waals surface area (Å²) in [6.45, 7) is 1.57. The van der Waals surface area contributed by atoms with Crippen molar-refractivity contribution in [1.29, 1.82) is 0 Å². The van der Waals surface area contributed by atoms with Gasteiger partial charge in [0.1, 0.15) is 0 Å². The molecule has 1 rings (SSSR count). The molecule has 1 heterocycles. The van der Waals surface area contributed by atoms with Gasteiger partial charge < -0.3 is 10.0 Å². The summed E-state index contributed by atoms with van der Waals surface area (Å²) in [5.74, 6) is -0.231. The number of rotatable bonds is 4. The van der Waals surface area contributed by atoms with Gasteiger partial charge in [0.2, 0.25) is 6.41 Å². The van der Waals surface area contributed by atoms with Crippen molar-refractivity contribution in [3.8, 4) is 0 Å². The molecule has 0 spiro atoms. The summed E-state index contributed by atoms with van der Waals surface area (Å²) in [4.78, 5) is 22.4. The Bertz CT molecular complexity index is 185. The van der Waals surface area contributed by atoms with Gasteiger partial charge in [-0.2, -0.15) is 0 Å². The Morgan fingerprint density at radius 2 is 2.08 bits per heavy atom. The Morgan fingerprint density at radius 1 is 1.46 bits per heavy atom. The maximum atomic E-state index is 10.4. The lowest BCUT2D eigenvalue weighted by Gasteiger charge is -2.28. The molecule has 0 aromatic rings. The van der Waals surface area contributed by atoms with E-state index in [0.717, 1.165) is 38.8 Å². The SMILES string of the molecule is O=CN1CCC(CCC(=O)O)CC1. The van der Waals surface area contributed by atoms with E-state index in [1.54, 1.807) is 4.90 Å². The van der Waals surface area contributed by atoms with E-state index in [4.69, 9.17) is 5.11 Å². The summed E-state index contributed by atoms with van der Waals surface area (Å²) in [5, 5.41) is 8.48. The summed E-state index contributed by atoms with van der Waals surface area (Å²) < 4.78 is 0. The molecule has 13 heavy (non-hydrogen) atoms. The molecular formula is C9H15NO3. The standard InChI is InChI=1S/C9H15NO3/c11-7-10-5-3-8(4-6-10)1-2-9(12)13/h7-8H,1-6H2,(H,12,13). The van der Waals surface area contributed by atoms with Gasteiger partial charge in [-0.1, -0.05) is 0 Å². The molecule has 74 valence electrons. The average Bonchev–Trinajstić information content (AvgIpc) is 2.15. The van der Waals surface area contributed by atoms with Crippen LogP contribution in [0.2, 0.25) is 0 Å². The van der Waals surface area contributed by atoms with Crippen LogP contribution in [0.15, 0.2) is 0 Å². The van der Waals surface area contributed by atoms with Crippen molar-refractivity contribution in [2.24, 2.45) is 5.92 Å². The van der Waals surface area contributed by atoms with Gasteiger partial charge in [-0.15, -0.1) is 0 Å². The summed E-state index contributed by atoms with van der Waals surface area (Å²) in [5.41, 5.74) is 0. The topological polar surface area (TPSA) is 57.6 Å². The van der Waals surface area contributed by atoms with Crippen molar-refractivity contribution in [3.05, 3.63) is 0 Å². The quantitative estimate of drug-likeness (QED) is 0.656. The van der Waals surface area contributed by atoms with Crippen molar-refractivity contribution >= 4 is 12.4 Å². The molecule has 0 aromatic carbocycles. The van der Waals surface area contributed by atoms with Crippen LogP contribution in [0.4, 0.5) is 0 Å². The zero-order chi connectivity index (χ0) is 9.68. The summed E-state index contributed by atoms with van der Waals surface area (Å²) >= 11 is 0. The number of nitrogens with zero attached hydrogens (tertiary/aromatic N) is 1. The normalized spacial score (nSPS) is 18.6. The minimum atomic E-state index is -0.724. The second-order valence-corrected chi connectivity index (χ2v) is 3.52. The fraction of sp³-hybridized carbons (Fsp3) is 0.778. The Kier molecular flexibility index (Phi) is 3.73. The number of amides is 1. The van der Waals surface area contributed by atoms with Gasteiger partial charge >= 0.3 is 5.97 Å². The minimum absolute atomic E-state index is 0.256. The third-order valence-corrected chi connectivity index (χ3v) is 2.56. The number of piperidine rings is 1. The Labute approximate surface area is 77.5 Å². The van der Waals surface area contributed by atoms with Crippen molar-refractivity contribution in [3.63, 3.8) is 0 Å². The van der Waals surface area contributed by atoms with Crippen LogP contribution in [0.5, 0.6) is 0 Å². The molecule has 0 unspecified atom stereocenters. The maximum absolute atomic E-state index is 10.4. The predicted molar refractivity (Wildman–Crippen MR) is 47.2 cm³/mol. The number of likely N-dealkylation sites (tertiary alicyclic amines) is 1. The molecule has 0 aromatic heterocycles. The highest BCUT2D eigenvalue weighted by Gasteiger charge is 2.18. The fourth-order valence-electron chi connectivity index (χ4n) is 1.67. The van der Waals surface area contributed by atoms with Crippen molar-refractivity contribution < 1.29 is 14.7 Å². The second-order valence-electron chi connectivity index (χ2n) is 3.52. The lowest BCUT2D eigenvalue weighted by atomic mass is 9.92. The number of hydrogen-bond donors (Lipinski definition) is 1. The van der Waals surface area contributed by atoms with E-state index < -0.39 is 5.97 Å². The van der Waals surface area contributed by atoms with Gasteiger partial charge in [-0.05, 0) is 25.2 Å². The summed E-state index contributed by atoms with van der Waals surface area (Å²) in [6, 6.07) is 0. The van der Waals surface area contributed by atoms with Crippen molar-refractivity contribution in [2.75, 3.05) is 13.1 Å². The molecule has 4 nitrogen and oxygen atoms in total. The third kappa shape index (κ3) is 3.44. The molecule has 4 heteroatoms. The highest BCUT2D eigenvalue weighted by molar-refractivity contribution is 5.66. The van der Waals surface area contributed by atoms with Gasteiger partial charge in [0, 0.05) is 19.5 Å². The van der Waals surface area contributed by atoms with E-state index in [-0.39, 0.29) is 6.42 Å². The molecule has 0 radical (unpaired) electrons. The van der Waals surface area contributed by atoms with Crippen LogP contribution in [-0.4, -0.2) is 35.5 Å². The zero-order valence-electron chi connectivity index (χ0n) is 7.61. The molecule has 0 aliphatic carbocycles. The van der Waals surface area contributed by atoms with E-state index >= 15 is 0 Å². The number of carboxylic acid groups (broad SMARTS) is 1. The number of carbonyl (C=O) groups excluding carboxylic acids is 1. The number of carboxylic acids is 1. The maximum Gasteiger partial charge on any atom is 0.303 e. The molecule has 1 N–H and O–H groups in total. The molecule has 0 bridgehead atoms. The first-order valence-corrected chi connectivity index (χ1v) is 4.63. The predicted octanol–water partition coefficient (Wildman–Crippen LogP) is 0.720. The zero-order valence-corrected chi connectivity index (χ0v) is 7.61. The fourth-order valence-corrected chi connectivity index (χ4v) is 1.67. The Morgan fingerprint density at radius 3 is 2.54 bits per heavy atom. The van der Waals surface area contributed by atoms with Crippen LogP contribution in [0.3, 0.4) is 0 Å². The van der Waals surface area contributed by atoms with E-state index in [0.29, 0.717) is 5.92 Å². The number of hydrogen-bond acceptors (Lipinski definition) is 2. The first-order valence-electron chi connectivity index (χ1n) is 4.63. The highest BCUT2D eigenvalue weighted by atomic mass is 16.4. The van der Waals surface area contributed by atoms with E-state index in [1.807, 2.05) is 0 Å². The Hall–Kier alpha value is -1.06. The second kappa shape index (κ2) is 4.84. The minimum Gasteiger partial charge on any atom is -0.481 e. The van der Waals surface area contributed by atoms with Crippen LogP contribution in [-0.2, 0) is 9.59 Å². The van der Waals surface area contributed by atoms with Crippen molar-refractivity contribution in [2.45, 2.75) is 25.7 Å². The van der Waals surface area contributed by atoms with Gasteiger partial charge in [0.15, 0.2) is 0 Å². The van der Waals surface area contributed by atoms with Crippen LogP contribution < -0.4 is 0 Å². The average molecular weight is 185 g/mol. The first kappa shape index (κ1) is 10.0. The van der Waals surface area contributed by atoms with Crippen LogP contribution in [0.1, 0.15) is 25.7 Å².